The van der Waals surface area contributed by atoms with Gasteiger partial charge in [-0.1, -0.05) is 30.7 Å². The second-order valence-electron chi connectivity index (χ2n) is 8.01. The predicted octanol–water partition coefficient (Wildman–Crippen LogP) is 3.00. The van der Waals surface area contributed by atoms with Gasteiger partial charge in [-0.15, -0.1) is 0 Å². The van der Waals surface area contributed by atoms with Crippen molar-refractivity contribution in [3.05, 3.63) is 59.7 Å². The summed E-state index contributed by atoms with van der Waals surface area (Å²) in [5.41, 5.74) is 2.04. The third-order valence-corrected chi connectivity index (χ3v) is 7.72. The maximum Gasteiger partial charge on any atom is 0.338 e. The molecule has 2 aliphatic rings. The van der Waals surface area contributed by atoms with E-state index in [-0.39, 0.29) is 22.4 Å². The molecule has 1 amide bonds. The van der Waals surface area contributed by atoms with Crippen molar-refractivity contribution in [3.8, 4) is 0 Å². The Bertz CT molecular complexity index is 1090. The molecule has 31 heavy (non-hydrogen) atoms. The molecule has 8 heteroatoms. The zero-order chi connectivity index (χ0) is 22.0. The van der Waals surface area contributed by atoms with Crippen LogP contribution < -0.4 is 4.90 Å². The minimum atomic E-state index is -3.65. The average Bonchev–Trinajstić information content (AvgIpc) is 3.13. The molecular weight excluding hydrogens is 416 g/mol. The summed E-state index contributed by atoms with van der Waals surface area (Å²) in [7, 11) is -3.65. The van der Waals surface area contributed by atoms with Crippen LogP contribution in [0.1, 0.15) is 42.1 Å². The number of para-hydroxylation sites is 1. The Hall–Kier alpha value is -2.71. The number of hydrogen-bond donors (Lipinski definition) is 0. The van der Waals surface area contributed by atoms with Crippen molar-refractivity contribution in [2.75, 3.05) is 24.6 Å². The number of nitrogens with zero attached hydrogens (tertiary/aromatic N) is 2. The lowest BCUT2D eigenvalue weighted by Crippen LogP contribution is -2.38. The van der Waals surface area contributed by atoms with Gasteiger partial charge < -0.3 is 9.64 Å². The Labute approximate surface area is 182 Å². The summed E-state index contributed by atoms with van der Waals surface area (Å²) in [6, 6.07) is 13.5. The van der Waals surface area contributed by atoms with Crippen LogP contribution in [-0.2, 0) is 26.0 Å². The number of carbonyl (C=O) groups excluding carboxylic acids is 2. The molecule has 164 valence electrons. The Kier molecular flexibility index (Phi) is 6.11. The molecule has 1 saturated heterocycles. The Morgan fingerprint density at radius 3 is 2.55 bits per heavy atom. The number of amides is 1. The Morgan fingerprint density at radius 1 is 1.03 bits per heavy atom. The molecule has 0 saturated carbocycles. The fourth-order valence-corrected chi connectivity index (χ4v) is 5.83. The Morgan fingerprint density at radius 2 is 1.77 bits per heavy atom. The van der Waals surface area contributed by atoms with Crippen LogP contribution in [0.5, 0.6) is 0 Å². The van der Waals surface area contributed by atoms with Crippen LogP contribution in [0.15, 0.2) is 53.4 Å². The zero-order valence-corrected chi connectivity index (χ0v) is 18.3. The van der Waals surface area contributed by atoms with Crippen LogP contribution in [0.2, 0.25) is 0 Å². The first kappa shape index (κ1) is 21.5. The summed E-state index contributed by atoms with van der Waals surface area (Å²) in [6.45, 7) is 2.53. The lowest BCUT2D eigenvalue weighted by molar-refractivity contribution is -0.122. The van der Waals surface area contributed by atoms with E-state index < -0.39 is 22.6 Å². The monoisotopic (exact) mass is 442 g/mol. The molecule has 2 aromatic carbocycles. The van der Waals surface area contributed by atoms with Crippen molar-refractivity contribution in [1.29, 1.82) is 0 Å². The summed E-state index contributed by atoms with van der Waals surface area (Å²) in [4.78, 5) is 27.0. The number of anilines is 1. The van der Waals surface area contributed by atoms with Crippen molar-refractivity contribution in [3.63, 3.8) is 0 Å². The van der Waals surface area contributed by atoms with Gasteiger partial charge in [-0.2, -0.15) is 4.31 Å². The summed E-state index contributed by atoms with van der Waals surface area (Å²) in [6.07, 6.45) is 3.45. The normalized spacial score (nSPS) is 19.1. The van der Waals surface area contributed by atoms with E-state index in [1.807, 2.05) is 31.2 Å². The second-order valence-corrected chi connectivity index (χ2v) is 9.95. The number of piperidine rings is 1. The van der Waals surface area contributed by atoms with Crippen LogP contribution in [0.4, 0.5) is 5.69 Å². The van der Waals surface area contributed by atoms with E-state index in [2.05, 4.69) is 0 Å². The zero-order valence-electron chi connectivity index (χ0n) is 17.5. The van der Waals surface area contributed by atoms with Crippen molar-refractivity contribution < 1.29 is 22.7 Å². The van der Waals surface area contributed by atoms with Gasteiger partial charge in [-0.3, -0.25) is 4.79 Å². The lowest BCUT2D eigenvalue weighted by atomic mass is 10.1. The standard InChI is InChI=1S/C23H26N2O5S/c1-17-14-18-8-3-4-11-21(18)25(17)22(26)16-30-23(27)19-9-7-10-20(15-19)31(28,29)24-12-5-2-6-13-24/h3-4,7-11,15,17H,2,5-6,12-14,16H2,1H3/t17-/m1/s1. The maximum atomic E-state index is 12.9. The molecule has 2 heterocycles. The van der Waals surface area contributed by atoms with Crippen LogP contribution >= 0.6 is 0 Å². The molecule has 2 aliphatic heterocycles. The number of sulfonamides is 1. The summed E-state index contributed by atoms with van der Waals surface area (Å²) in [5, 5.41) is 0. The molecular formula is C23H26N2O5S. The third-order valence-electron chi connectivity index (χ3n) is 5.83. The number of ether oxygens (including phenoxy) is 1. The van der Waals surface area contributed by atoms with E-state index in [1.54, 1.807) is 4.90 Å². The van der Waals surface area contributed by atoms with Gasteiger partial charge in [0.05, 0.1) is 10.5 Å². The first-order chi connectivity index (χ1) is 14.9. The van der Waals surface area contributed by atoms with Crippen LogP contribution in [0.25, 0.3) is 0 Å². The highest BCUT2D eigenvalue weighted by Gasteiger charge is 2.31. The fraction of sp³-hybridized carbons (Fsp3) is 0.391. The smallest absolute Gasteiger partial charge is 0.338 e. The molecule has 1 atom stereocenters. The molecule has 0 unspecified atom stereocenters. The molecule has 0 aliphatic carbocycles. The number of hydrogen-bond acceptors (Lipinski definition) is 5. The minimum absolute atomic E-state index is 0.0124. The van der Waals surface area contributed by atoms with Crippen LogP contribution in [-0.4, -0.2) is 50.3 Å². The van der Waals surface area contributed by atoms with E-state index >= 15 is 0 Å². The van der Waals surface area contributed by atoms with Gasteiger partial charge in [0, 0.05) is 24.8 Å². The fourth-order valence-electron chi connectivity index (χ4n) is 4.26. The number of fused-ring (bicyclic) bond motifs is 1. The minimum Gasteiger partial charge on any atom is -0.452 e. The van der Waals surface area contributed by atoms with Gasteiger partial charge in [0.15, 0.2) is 6.61 Å². The lowest BCUT2D eigenvalue weighted by Gasteiger charge is -2.26. The molecule has 4 rings (SSSR count). The summed E-state index contributed by atoms with van der Waals surface area (Å²) < 4.78 is 32.4. The second kappa shape index (κ2) is 8.80. The predicted molar refractivity (Wildman–Crippen MR) is 116 cm³/mol. The van der Waals surface area contributed by atoms with E-state index in [0.29, 0.717) is 13.1 Å². The molecule has 1 fully saturated rings. The quantitative estimate of drug-likeness (QED) is 0.665. The highest BCUT2D eigenvalue weighted by atomic mass is 32.2. The molecule has 2 aromatic rings. The topological polar surface area (TPSA) is 84.0 Å². The van der Waals surface area contributed by atoms with Crippen molar-refractivity contribution in [1.82, 2.24) is 4.31 Å². The third kappa shape index (κ3) is 4.36. The molecule has 7 nitrogen and oxygen atoms in total. The summed E-state index contributed by atoms with van der Waals surface area (Å²) in [5.74, 6) is -1.02. The first-order valence-electron chi connectivity index (χ1n) is 10.6. The Balaban J connectivity index is 1.44. The van der Waals surface area contributed by atoms with Gasteiger partial charge in [-0.05, 0) is 56.0 Å². The highest BCUT2D eigenvalue weighted by Crippen LogP contribution is 2.31. The van der Waals surface area contributed by atoms with E-state index in [1.165, 1.54) is 28.6 Å². The molecule has 0 N–H and O–H groups in total. The average molecular weight is 443 g/mol. The SMILES string of the molecule is C[C@@H]1Cc2ccccc2N1C(=O)COC(=O)c1cccc(S(=O)(=O)N2CCCCC2)c1. The van der Waals surface area contributed by atoms with Gasteiger partial charge in [-0.25, -0.2) is 13.2 Å². The maximum absolute atomic E-state index is 12.9. The van der Waals surface area contributed by atoms with Crippen molar-refractivity contribution >= 4 is 27.6 Å². The van der Waals surface area contributed by atoms with E-state index in [4.69, 9.17) is 4.74 Å². The number of rotatable bonds is 5. The molecule has 0 bridgehead atoms. The van der Waals surface area contributed by atoms with Gasteiger partial charge in [0.25, 0.3) is 5.91 Å². The number of benzene rings is 2. The number of carbonyl (C=O) groups is 2. The largest absolute Gasteiger partial charge is 0.452 e. The van der Waals surface area contributed by atoms with Crippen LogP contribution in [0.3, 0.4) is 0 Å². The molecule has 0 radical (unpaired) electrons. The first-order valence-corrected chi connectivity index (χ1v) is 12.0. The van der Waals surface area contributed by atoms with Gasteiger partial charge >= 0.3 is 5.97 Å². The summed E-state index contributed by atoms with van der Waals surface area (Å²) >= 11 is 0. The van der Waals surface area contributed by atoms with E-state index in [0.717, 1.165) is 36.9 Å². The van der Waals surface area contributed by atoms with Crippen molar-refractivity contribution in [2.24, 2.45) is 0 Å². The van der Waals surface area contributed by atoms with E-state index in [9.17, 15) is 18.0 Å². The van der Waals surface area contributed by atoms with Gasteiger partial charge in [0.1, 0.15) is 0 Å². The van der Waals surface area contributed by atoms with Gasteiger partial charge in [0.2, 0.25) is 10.0 Å². The number of esters is 1. The van der Waals surface area contributed by atoms with Crippen molar-refractivity contribution in [2.45, 2.75) is 43.5 Å². The van der Waals surface area contributed by atoms with Crippen LogP contribution in [0, 0.1) is 0 Å². The molecule has 0 spiro atoms. The highest BCUT2D eigenvalue weighted by molar-refractivity contribution is 7.89. The molecule has 0 aromatic heterocycles.